The van der Waals surface area contributed by atoms with Gasteiger partial charge in [0.25, 0.3) is 5.22 Å². The number of carbonyl (C=O) groups is 1. The molecule has 0 radical (unpaired) electrons. The fraction of sp³-hybridized carbons (Fsp3) is 0.550. The molecule has 2 heterocycles. The molecular formula is C20H26N4O3S. The van der Waals surface area contributed by atoms with Crippen molar-refractivity contribution in [3.8, 4) is 5.75 Å². The van der Waals surface area contributed by atoms with E-state index in [1.165, 1.54) is 31.0 Å². The van der Waals surface area contributed by atoms with Crippen molar-refractivity contribution in [2.45, 2.75) is 43.2 Å². The Kier molecular flexibility index (Phi) is 6.04. The second-order valence-electron chi connectivity index (χ2n) is 7.41. The third-order valence-electron chi connectivity index (χ3n) is 5.54. The summed E-state index contributed by atoms with van der Waals surface area (Å²) in [5.41, 5.74) is 1.07. The van der Waals surface area contributed by atoms with Gasteiger partial charge in [0.2, 0.25) is 11.8 Å². The Labute approximate surface area is 169 Å². The van der Waals surface area contributed by atoms with E-state index in [9.17, 15) is 9.90 Å². The van der Waals surface area contributed by atoms with Gasteiger partial charge in [-0.3, -0.25) is 4.79 Å². The number of phenolic OH excluding ortho intramolecular Hbond substituents is 1. The number of hydrogen-bond donors (Lipinski definition) is 1. The fourth-order valence-electron chi connectivity index (χ4n) is 3.89. The highest BCUT2D eigenvalue weighted by Crippen LogP contribution is 2.33. The third-order valence-corrected chi connectivity index (χ3v) is 6.35. The van der Waals surface area contributed by atoms with Gasteiger partial charge in [-0.15, -0.1) is 10.2 Å². The number of piperazine rings is 1. The zero-order valence-electron chi connectivity index (χ0n) is 15.9. The molecule has 2 fully saturated rings. The van der Waals surface area contributed by atoms with E-state index in [1.54, 1.807) is 12.1 Å². The second-order valence-corrected chi connectivity index (χ2v) is 8.34. The highest BCUT2D eigenvalue weighted by atomic mass is 32.2. The van der Waals surface area contributed by atoms with E-state index in [-0.39, 0.29) is 11.7 Å². The van der Waals surface area contributed by atoms with Crippen molar-refractivity contribution in [1.29, 1.82) is 0 Å². The minimum absolute atomic E-state index is 0.104. The molecule has 28 heavy (non-hydrogen) atoms. The number of hydrogen-bond acceptors (Lipinski definition) is 7. The number of amides is 1. The lowest BCUT2D eigenvalue weighted by Gasteiger charge is -2.36. The second kappa shape index (κ2) is 8.86. The van der Waals surface area contributed by atoms with Gasteiger partial charge in [-0.1, -0.05) is 31.0 Å². The van der Waals surface area contributed by atoms with E-state index in [2.05, 4.69) is 15.1 Å². The minimum atomic E-state index is 0.104. The molecule has 1 aliphatic heterocycles. The Morgan fingerprint density at radius 1 is 1.07 bits per heavy atom. The van der Waals surface area contributed by atoms with Crippen LogP contribution in [0.15, 0.2) is 33.9 Å². The van der Waals surface area contributed by atoms with E-state index >= 15 is 0 Å². The van der Waals surface area contributed by atoms with Gasteiger partial charge >= 0.3 is 0 Å². The molecule has 1 saturated carbocycles. The summed E-state index contributed by atoms with van der Waals surface area (Å²) < 4.78 is 5.79. The number of thioether (sulfide) groups is 1. The van der Waals surface area contributed by atoms with Crippen molar-refractivity contribution in [3.05, 3.63) is 30.2 Å². The number of nitrogens with zero attached hydrogens (tertiary/aromatic N) is 4. The summed E-state index contributed by atoms with van der Waals surface area (Å²) in [4.78, 5) is 16.6. The number of aromatic hydroxyl groups is 1. The SMILES string of the molecule is O=C(CSc1nnc(C2CCCCC2)o1)N1CCN(c2ccc(O)cc2)CC1. The molecular weight excluding hydrogens is 376 g/mol. The van der Waals surface area contributed by atoms with Crippen LogP contribution < -0.4 is 4.90 Å². The lowest BCUT2D eigenvalue weighted by atomic mass is 9.89. The monoisotopic (exact) mass is 402 g/mol. The molecule has 1 N–H and O–H groups in total. The summed E-state index contributed by atoms with van der Waals surface area (Å²) in [5, 5.41) is 18.2. The van der Waals surface area contributed by atoms with Crippen LogP contribution in [0.2, 0.25) is 0 Å². The average molecular weight is 403 g/mol. The summed E-state index contributed by atoms with van der Waals surface area (Å²) in [6.45, 7) is 2.95. The Morgan fingerprint density at radius 2 is 1.79 bits per heavy atom. The molecule has 0 bridgehead atoms. The van der Waals surface area contributed by atoms with Crippen molar-refractivity contribution in [1.82, 2.24) is 15.1 Å². The maximum atomic E-state index is 12.5. The van der Waals surface area contributed by atoms with Gasteiger partial charge in [-0.25, -0.2) is 0 Å². The highest BCUT2D eigenvalue weighted by molar-refractivity contribution is 7.99. The van der Waals surface area contributed by atoms with Crippen LogP contribution in [0, 0.1) is 0 Å². The molecule has 1 amide bonds. The van der Waals surface area contributed by atoms with Crippen molar-refractivity contribution in [2.24, 2.45) is 0 Å². The highest BCUT2D eigenvalue weighted by Gasteiger charge is 2.24. The van der Waals surface area contributed by atoms with Crippen LogP contribution >= 0.6 is 11.8 Å². The molecule has 1 aliphatic carbocycles. The van der Waals surface area contributed by atoms with E-state index in [0.29, 0.717) is 30.0 Å². The Balaban J connectivity index is 1.23. The lowest BCUT2D eigenvalue weighted by Crippen LogP contribution is -2.49. The smallest absolute Gasteiger partial charge is 0.277 e. The van der Waals surface area contributed by atoms with Crippen LogP contribution in [0.25, 0.3) is 0 Å². The van der Waals surface area contributed by atoms with Crippen molar-refractivity contribution >= 4 is 23.4 Å². The van der Waals surface area contributed by atoms with Crippen molar-refractivity contribution in [3.63, 3.8) is 0 Å². The van der Waals surface area contributed by atoms with E-state index in [0.717, 1.165) is 37.5 Å². The molecule has 1 saturated heterocycles. The number of phenols is 1. The van der Waals surface area contributed by atoms with Gasteiger partial charge in [0.1, 0.15) is 5.75 Å². The van der Waals surface area contributed by atoms with Gasteiger partial charge < -0.3 is 19.3 Å². The Morgan fingerprint density at radius 3 is 2.50 bits per heavy atom. The predicted octanol–water partition coefficient (Wildman–Crippen LogP) is 3.26. The van der Waals surface area contributed by atoms with Crippen LogP contribution in [-0.2, 0) is 4.79 Å². The van der Waals surface area contributed by atoms with Crippen molar-refractivity contribution < 1.29 is 14.3 Å². The van der Waals surface area contributed by atoms with Crippen LogP contribution in [-0.4, -0.2) is 58.0 Å². The normalized spacial score (nSPS) is 18.4. The number of anilines is 1. The van der Waals surface area contributed by atoms with E-state index < -0.39 is 0 Å². The predicted molar refractivity (Wildman–Crippen MR) is 108 cm³/mol. The molecule has 150 valence electrons. The van der Waals surface area contributed by atoms with E-state index in [1.807, 2.05) is 17.0 Å². The van der Waals surface area contributed by atoms with Gasteiger partial charge in [0.15, 0.2) is 0 Å². The van der Waals surface area contributed by atoms with Gasteiger partial charge in [-0.05, 0) is 37.1 Å². The molecule has 1 aromatic carbocycles. The van der Waals surface area contributed by atoms with Gasteiger partial charge in [0.05, 0.1) is 5.75 Å². The van der Waals surface area contributed by atoms with Crippen molar-refractivity contribution in [2.75, 3.05) is 36.8 Å². The lowest BCUT2D eigenvalue weighted by molar-refractivity contribution is -0.128. The molecule has 8 heteroatoms. The van der Waals surface area contributed by atoms with E-state index in [4.69, 9.17) is 4.42 Å². The quantitative estimate of drug-likeness (QED) is 0.769. The standard InChI is InChI=1S/C20H26N4O3S/c25-17-8-6-16(7-9-17)23-10-12-24(13-11-23)18(26)14-28-20-22-21-19(27-20)15-4-2-1-3-5-15/h6-9,15,25H,1-5,10-14H2. The topological polar surface area (TPSA) is 82.7 Å². The first-order valence-electron chi connectivity index (χ1n) is 9.97. The summed E-state index contributed by atoms with van der Waals surface area (Å²) >= 11 is 1.33. The fourth-order valence-corrected chi connectivity index (χ4v) is 4.56. The molecule has 0 spiro atoms. The third kappa shape index (κ3) is 4.60. The minimum Gasteiger partial charge on any atom is -0.508 e. The molecule has 1 aromatic heterocycles. The Hall–Kier alpha value is -2.22. The molecule has 2 aromatic rings. The largest absolute Gasteiger partial charge is 0.508 e. The van der Waals surface area contributed by atoms with Crippen LogP contribution in [0.4, 0.5) is 5.69 Å². The average Bonchev–Trinajstić information content (AvgIpc) is 3.22. The first-order chi connectivity index (χ1) is 13.7. The summed E-state index contributed by atoms with van der Waals surface area (Å²) in [5.74, 6) is 1.82. The molecule has 2 aliphatic rings. The number of carbonyl (C=O) groups excluding carboxylic acids is 1. The zero-order valence-corrected chi connectivity index (χ0v) is 16.7. The van der Waals surface area contributed by atoms with Crippen LogP contribution in [0.5, 0.6) is 5.75 Å². The molecule has 4 rings (SSSR count). The maximum Gasteiger partial charge on any atom is 0.277 e. The maximum absolute atomic E-state index is 12.5. The first kappa shape index (κ1) is 19.1. The molecule has 7 nitrogen and oxygen atoms in total. The van der Waals surface area contributed by atoms with Gasteiger partial charge in [0, 0.05) is 37.8 Å². The van der Waals surface area contributed by atoms with Gasteiger partial charge in [-0.2, -0.15) is 0 Å². The summed E-state index contributed by atoms with van der Waals surface area (Å²) in [7, 11) is 0. The Bertz CT molecular complexity index is 781. The number of rotatable bonds is 5. The summed E-state index contributed by atoms with van der Waals surface area (Å²) in [6, 6.07) is 7.19. The number of aromatic nitrogens is 2. The van der Waals surface area contributed by atoms with Crippen LogP contribution in [0.3, 0.4) is 0 Å². The van der Waals surface area contributed by atoms with Crippen LogP contribution in [0.1, 0.15) is 43.9 Å². The molecule has 0 unspecified atom stereocenters. The zero-order chi connectivity index (χ0) is 19.3. The molecule has 0 atom stereocenters. The first-order valence-corrected chi connectivity index (χ1v) is 11.0. The number of benzene rings is 1. The summed E-state index contributed by atoms with van der Waals surface area (Å²) in [6.07, 6.45) is 5.99.